The number of nitrogens with zero attached hydrogens (tertiary/aromatic N) is 3. The van der Waals surface area contributed by atoms with Crippen molar-refractivity contribution >= 4 is 23.7 Å². The number of carbonyl (C=O) groups is 4. The number of likely N-dealkylation sites (N-methyl/N-ethyl adjacent to an activating group) is 1. The molecular weight excluding hydrogens is 544 g/mol. The maximum absolute atomic E-state index is 13.9. The van der Waals surface area contributed by atoms with Crippen LogP contribution in [0.15, 0.2) is 42.0 Å². The molecule has 9 nitrogen and oxygen atoms in total. The van der Waals surface area contributed by atoms with Crippen LogP contribution < -0.4 is 5.32 Å². The summed E-state index contributed by atoms with van der Waals surface area (Å²) in [5.41, 5.74) is 1.32. The van der Waals surface area contributed by atoms with Crippen LogP contribution in [0.3, 0.4) is 0 Å². The van der Waals surface area contributed by atoms with Crippen molar-refractivity contribution in [2.45, 2.75) is 105 Å². The lowest BCUT2D eigenvalue weighted by Crippen LogP contribution is -2.58. The number of benzene rings is 1. The Hall–Kier alpha value is -3.20. The van der Waals surface area contributed by atoms with Gasteiger partial charge in [0.25, 0.3) is 0 Å². The van der Waals surface area contributed by atoms with Gasteiger partial charge in [-0.3, -0.25) is 24.1 Å². The average molecular weight is 599 g/mol. The topological polar surface area (TPSA) is 99.3 Å². The van der Waals surface area contributed by atoms with Crippen LogP contribution in [0.1, 0.15) is 80.2 Å². The number of rotatable bonds is 14. The second-order valence-corrected chi connectivity index (χ2v) is 12.6. The van der Waals surface area contributed by atoms with Crippen LogP contribution in [0.2, 0.25) is 0 Å². The van der Waals surface area contributed by atoms with Crippen molar-refractivity contribution in [1.29, 1.82) is 0 Å². The van der Waals surface area contributed by atoms with Crippen molar-refractivity contribution in [1.82, 2.24) is 20.0 Å². The number of carbonyl (C=O) groups excluding carboxylic acids is 4. The highest BCUT2D eigenvalue weighted by molar-refractivity contribution is 5.95. The first kappa shape index (κ1) is 36.0. The van der Waals surface area contributed by atoms with E-state index in [1.54, 1.807) is 31.9 Å². The summed E-state index contributed by atoms with van der Waals surface area (Å²) in [6, 6.07) is 8.38. The lowest BCUT2D eigenvalue weighted by molar-refractivity contribution is -0.148. The van der Waals surface area contributed by atoms with E-state index in [1.165, 1.54) is 4.90 Å². The molecule has 0 spiro atoms. The Bertz CT molecular complexity index is 1100. The van der Waals surface area contributed by atoms with E-state index < -0.39 is 18.1 Å². The molecule has 2 rings (SSSR count). The van der Waals surface area contributed by atoms with Gasteiger partial charge in [-0.25, -0.2) is 0 Å². The largest absolute Gasteiger partial charge is 0.465 e. The molecule has 1 fully saturated rings. The van der Waals surface area contributed by atoms with Crippen LogP contribution >= 0.6 is 0 Å². The maximum atomic E-state index is 13.9. The van der Waals surface area contributed by atoms with E-state index in [0.717, 1.165) is 31.4 Å². The third-order valence-corrected chi connectivity index (χ3v) is 8.11. The molecule has 9 heteroatoms. The van der Waals surface area contributed by atoms with Crippen molar-refractivity contribution in [3.8, 4) is 0 Å². The highest BCUT2D eigenvalue weighted by Crippen LogP contribution is 2.22. The van der Waals surface area contributed by atoms with E-state index in [4.69, 9.17) is 4.74 Å². The predicted molar refractivity (Wildman–Crippen MR) is 170 cm³/mol. The number of hydrogen-bond acceptors (Lipinski definition) is 6. The highest BCUT2D eigenvalue weighted by Gasteiger charge is 2.36. The fourth-order valence-electron chi connectivity index (χ4n) is 5.68. The van der Waals surface area contributed by atoms with Crippen LogP contribution in [0, 0.1) is 11.8 Å². The van der Waals surface area contributed by atoms with Crippen molar-refractivity contribution in [2.24, 2.45) is 11.8 Å². The van der Waals surface area contributed by atoms with Crippen molar-refractivity contribution in [2.75, 3.05) is 26.7 Å². The number of nitrogens with one attached hydrogen (secondary N) is 1. The first-order valence-electron chi connectivity index (χ1n) is 15.8. The molecular formula is C34H54N4O5. The summed E-state index contributed by atoms with van der Waals surface area (Å²) in [6.07, 6.45) is 4.64. The Morgan fingerprint density at radius 3 is 2.23 bits per heavy atom. The van der Waals surface area contributed by atoms with Gasteiger partial charge in [0, 0.05) is 25.2 Å². The van der Waals surface area contributed by atoms with Crippen molar-refractivity contribution in [3.63, 3.8) is 0 Å². The molecule has 1 aromatic carbocycles. The molecule has 3 atom stereocenters. The van der Waals surface area contributed by atoms with Crippen molar-refractivity contribution in [3.05, 3.63) is 47.5 Å². The molecule has 1 saturated heterocycles. The second-order valence-electron chi connectivity index (χ2n) is 12.6. The monoisotopic (exact) mass is 598 g/mol. The molecule has 0 aromatic heterocycles. The van der Waals surface area contributed by atoms with E-state index in [9.17, 15) is 19.2 Å². The van der Waals surface area contributed by atoms with Gasteiger partial charge in [0.1, 0.15) is 12.6 Å². The second kappa shape index (κ2) is 17.2. The fourth-order valence-corrected chi connectivity index (χ4v) is 5.68. The van der Waals surface area contributed by atoms with E-state index >= 15 is 0 Å². The SMILES string of the molecule is CCOC(=O)CN(Cc1ccccc1)C(=O)/C(C)=C/[C@H](C(C)C)N(C)C(=O)[C@@H](NC(=O)C1CCCCN1C(C)C)C(C)C. The average Bonchev–Trinajstić information content (AvgIpc) is 2.97. The molecule has 1 aliphatic heterocycles. The fraction of sp³-hybridized carbons (Fsp3) is 0.647. The first-order valence-corrected chi connectivity index (χ1v) is 15.8. The number of esters is 1. The molecule has 1 heterocycles. The van der Waals surface area contributed by atoms with Crippen LogP contribution in [-0.4, -0.2) is 89.3 Å². The van der Waals surface area contributed by atoms with Gasteiger partial charge in [-0.05, 0) is 64.5 Å². The molecule has 0 aliphatic carbocycles. The molecule has 3 amide bonds. The van der Waals surface area contributed by atoms with Gasteiger partial charge in [0.15, 0.2) is 0 Å². The summed E-state index contributed by atoms with van der Waals surface area (Å²) >= 11 is 0. The quantitative estimate of drug-likeness (QED) is 0.252. The number of likely N-dealkylation sites (tertiary alicyclic amines) is 1. The number of hydrogen-bond donors (Lipinski definition) is 1. The molecule has 0 bridgehead atoms. The highest BCUT2D eigenvalue weighted by atomic mass is 16.5. The van der Waals surface area contributed by atoms with Crippen LogP contribution in [0.5, 0.6) is 0 Å². The molecule has 43 heavy (non-hydrogen) atoms. The molecule has 1 N–H and O–H groups in total. The van der Waals surface area contributed by atoms with Crippen LogP contribution in [0.25, 0.3) is 0 Å². The molecule has 0 saturated carbocycles. The van der Waals surface area contributed by atoms with Gasteiger partial charge in [0.05, 0.1) is 18.7 Å². The van der Waals surface area contributed by atoms with E-state index in [-0.39, 0.29) is 61.3 Å². The van der Waals surface area contributed by atoms with E-state index in [0.29, 0.717) is 5.57 Å². The Morgan fingerprint density at radius 1 is 1.02 bits per heavy atom. The summed E-state index contributed by atoms with van der Waals surface area (Å²) in [4.78, 5) is 58.8. The van der Waals surface area contributed by atoms with E-state index in [1.807, 2.05) is 58.0 Å². The zero-order valence-electron chi connectivity index (χ0n) is 27.8. The Labute approximate surface area is 259 Å². The number of piperidine rings is 1. The smallest absolute Gasteiger partial charge is 0.325 e. The van der Waals surface area contributed by atoms with E-state index in [2.05, 4.69) is 24.1 Å². The third kappa shape index (κ3) is 10.5. The zero-order valence-corrected chi connectivity index (χ0v) is 27.8. The molecule has 240 valence electrons. The Balaban J connectivity index is 2.28. The van der Waals surface area contributed by atoms with Gasteiger partial charge in [-0.15, -0.1) is 0 Å². The summed E-state index contributed by atoms with van der Waals surface area (Å²) in [7, 11) is 1.73. The van der Waals surface area contributed by atoms with Gasteiger partial charge in [-0.2, -0.15) is 0 Å². The zero-order chi connectivity index (χ0) is 32.3. The summed E-state index contributed by atoms with van der Waals surface area (Å²) in [5, 5.41) is 3.08. The van der Waals surface area contributed by atoms with Gasteiger partial charge >= 0.3 is 5.97 Å². The van der Waals surface area contributed by atoms with Gasteiger partial charge in [-0.1, -0.05) is 70.5 Å². The lowest BCUT2D eigenvalue weighted by atomic mass is 9.95. The molecule has 1 aromatic rings. The number of amides is 3. The van der Waals surface area contributed by atoms with Crippen LogP contribution in [-0.2, 0) is 30.5 Å². The first-order chi connectivity index (χ1) is 20.3. The standard InChI is InChI=1S/C34H54N4O5/c1-10-43-30(39)22-37(21-27-16-12-11-13-17-27)33(41)26(8)20-29(23(2)3)36(9)34(42)31(24(4)5)35-32(40)28-18-14-15-19-38(28)25(6)7/h11-13,16-17,20,23-25,28-29,31H,10,14-15,18-19,21-22H2,1-9H3,(H,35,40)/b26-20+/t28?,29-,31+/m1/s1. The number of ether oxygens (including phenoxy) is 1. The summed E-state index contributed by atoms with van der Waals surface area (Å²) < 4.78 is 5.13. The summed E-state index contributed by atoms with van der Waals surface area (Å²) in [5.74, 6) is -1.21. The van der Waals surface area contributed by atoms with Crippen molar-refractivity contribution < 1.29 is 23.9 Å². The summed E-state index contributed by atoms with van der Waals surface area (Å²) in [6.45, 7) is 16.7. The van der Waals surface area contributed by atoms with Crippen LogP contribution in [0.4, 0.5) is 0 Å². The minimum absolute atomic E-state index is 0.0115. The van der Waals surface area contributed by atoms with Gasteiger partial charge < -0.3 is 19.9 Å². The minimum atomic E-state index is -0.697. The molecule has 0 radical (unpaired) electrons. The maximum Gasteiger partial charge on any atom is 0.325 e. The molecule has 1 aliphatic rings. The predicted octanol–water partition coefficient (Wildman–Crippen LogP) is 4.41. The molecule has 1 unspecified atom stereocenters. The minimum Gasteiger partial charge on any atom is -0.465 e. The Morgan fingerprint density at radius 2 is 1.67 bits per heavy atom. The third-order valence-electron chi connectivity index (χ3n) is 8.11. The van der Waals surface area contributed by atoms with Gasteiger partial charge in [0.2, 0.25) is 17.7 Å². The Kier molecular flexibility index (Phi) is 14.4. The normalized spacial score (nSPS) is 17.5. The lowest BCUT2D eigenvalue weighted by Gasteiger charge is -2.39.